The molecule has 1 fully saturated rings. The van der Waals surface area contributed by atoms with Crippen LogP contribution in [0.4, 0.5) is 0 Å². The van der Waals surface area contributed by atoms with E-state index in [9.17, 15) is 0 Å². The van der Waals surface area contributed by atoms with Crippen molar-refractivity contribution < 1.29 is 4.74 Å². The maximum absolute atomic E-state index is 5.64. The van der Waals surface area contributed by atoms with E-state index >= 15 is 0 Å². The Morgan fingerprint density at radius 2 is 2.44 bits per heavy atom. The topological polar surface area (TPSA) is 47.0 Å². The summed E-state index contributed by atoms with van der Waals surface area (Å²) in [6.07, 6.45) is 5.86. The Kier molecular flexibility index (Phi) is 4.25. The molecule has 1 aliphatic heterocycles. The van der Waals surface area contributed by atoms with Crippen molar-refractivity contribution in [2.24, 2.45) is 0 Å². The maximum Gasteiger partial charge on any atom is 0.125 e. The lowest BCUT2D eigenvalue weighted by Crippen LogP contribution is -2.31. The van der Waals surface area contributed by atoms with Gasteiger partial charge in [-0.05, 0) is 32.3 Å². The first kappa shape index (κ1) is 11.5. The van der Waals surface area contributed by atoms with E-state index in [2.05, 4.69) is 15.3 Å². The molecule has 88 valence electrons. The van der Waals surface area contributed by atoms with Gasteiger partial charge in [0.25, 0.3) is 0 Å². The molecule has 1 aromatic heterocycles. The molecule has 1 unspecified atom stereocenters. The number of nitrogens with one attached hydrogen (secondary N) is 1. The molecule has 0 radical (unpaired) electrons. The van der Waals surface area contributed by atoms with Crippen LogP contribution in [0, 0.1) is 6.92 Å². The first-order chi connectivity index (χ1) is 7.84. The van der Waals surface area contributed by atoms with E-state index < -0.39 is 0 Å². The smallest absolute Gasteiger partial charge is 0.125 e. The Morgan fingerprint density at radius 3 is 3.19 bits per heavy atom. The van der Waals surface area contributed by atoms with Crippen molar-refractivity contribution in [2.45, 2.75) is 38.8 Å². The van der Waals surface area contributed by atoms with E-state index in [1.54, 1.807) is 6.20 Å². The van der Waals surface area contributed by atoms with E-state index in [1.807, 2.05) is 13.0 Å². The Morgan fingerprint density at radius 1 is 1.50 bits per heavy atom. The quantitative estimate of drug-likeness (QED) is 0.836. The molecule has 0 spiro atoms. The summed E-state index contributed by atoms with van der Waals surface area (Å²) in [5.74, 6) is 0.827. The second-order valence-corrected chi connectivity index (χ2v) is 4.21. The number of hydrogen-bond acceptors (Lipinski definition) is 4. The number of hydrogen-bond donors (Lipinski definition) is 1. The van der Waals surface area contributed by atoms with Crippen molar-refractivity contribution in [1.82, 2.24) is 15.3 Å². The zero-order chi connectivity index (χ0) is 11.2. The van der Waals surface area contributed by atoms with E-state index in [-0.39, 0.29) is 0 Å². The number of ether oxygens (including phenoxy) is 1. The molecule has 2 rings (SSSR count). The Hall–Kier alpha value is -1.00. The van der Waals surface area contributed by atoms with Crippen molar-refractivity contribution in [1.29, 1.82) is 0 Å². The van der Waals surface area contributed by atoms with Crippen molar-refractivity contribution in [3.8, 4) is 0 Å². The van der Waals surface area contributed by atoms with Crippen LogP contribution in [0.5, 0.6) is 0 Å². The summed E-state index contributed by atoms with van der Waals surface area (Å²) < 4.78 is 5.64. The van der Waals surface area contributed by atoms with Gasteiger partial charge in [-0.3, -0.25) is 0 Å². The second-order valence-electron chi connectivity index (χ2n) is 4.21. The van der Waals surface area contributed by atoms with Crippen LogP contribution in [-0.2, 0) is 11.3 Å². The van der Waals surface area contributed by atoms with Crippen LogP contribution in [0.1, 0.15) is 30.8 Å². The molecule has 0 aromatic carbocycles. The zero-order valence-corrected chi connectivity index (χ0v) is 9.78. The maximum atomic E-state index is 5.64. The predicted octanol–water partition coefficient (Wildman–Crippen LogP) is 1.44. The van der Waals surface area contributed by atoms with Gasteiger partial charge in [0.1, 0.15) is 5.82 Å². The molecule has 1 atom stereocenters. The molecule has 0 amide bonds. The fourth-order valence-corrected chi connectivity index (χ4v) is 1.93. The molecule has 1 aromatic rings. The fourth-order valence-electron chi connectivity index (χ4n) is 1.93. The first-order valence-corrected chi connectivity index (χ1v) is 5.95. The lowest BCUT2D eigenvalue weighted by Gasteiger charge is -2.22. The monoisotopic (exact) mass is 221 g/mol. The summed E-state index contributed by atoms with van der Waals surface area (Å²) in [6.45, 7) is 4.54. The lowest BCUT2D eigenvalue weighted by atomic mass is 10.1. The first-order valence-electron chi connectivity index (χ1n) is 5.95. The molecule has 0 saturated carbocycles. The van der Waals surface area contributed by atoms with Gasteiger partial charge in [0.05, 0.1) is 11.8 Å². The summed E-state index contributed by atoms with van der Waals surface area (Å²) in [5.41, 5.74) is 1.04. The van der Waals surface area contributed by atoms with E-state index in [1.165, 1.54) is 19.3 Å². The SMILES string of the molecule is Cc1nccc(CNCC2CCCCO2)n1. The molecule has 16 heavy (non-hydrogen) atoms. The highest BCUT2D eigenvalue weighted by molar-refractivity contribution is 5.00. The van der Waals surface area contributed by atoms with Crippen LogP contribution in [0.25, 0.3) is 0 Å². The van der Waals surface area contributed by atoms with E-state index in [4.69, 9.17) is 4.74 Å². The molecule has 4 nitrogen and oxygen atoms in total. The van der Waals surface area contributed by atoms with Gasteiger partial charge in [-0.25, -0.2) is 9.97 Å². The minimum Gasteiger partial charge on any atom is -0.377 e. The second kappa shape index (κ2) is 5.92. The Balaban J connectivity index is 1.71. The third-order valence-electron chi connectivity index (χ3n) is 2.79. The molecule has 4 heteroatoms. The molecule has 1 aliphatic rings. The lowest BCUT2D eigenvalue weighted by molar-refractivity contribution is 0.0167. The van der Waals surface area contributed by atoms with Gasteiger partial charge < -0.3 is 10.1 Å². The highest BCUT2D eigenvalue weighted by Gasteiger charge is 2.12. The van der Waals surface area contributed by atoms with Gasteiger partial charge in [0.15, 0.2) is 0 Å². The highest BCUT2D eigenvalue weighted by Crippen LogP contribution is 2.11. The van der Waals surface area contributed by atoms with Gasteiger partial charge in [-0.15, -0.1) is 0 Å². The third kappa shape index (κ3) is 3.54. The summed E-state index contributed by atoms with van der Waals surface area (Å²) >= 11 is 0. The van der Waals surface area contributed by atoms with Crippen LogP contribution >= 0.6 is 0 Å². The van der Waals surface area contributed by atoms with Crippen LogP contribution in [0.15, 0.2) is 12.3 Å². The van der Waals surface area contributed by atoms with Crippen molar-refractivity contribution >= 4 is 0 Å². The molecular formula is C12H19N3O. The number of aromatic nitrogens is 2. The summed E-state index contributed by atoms with van der Waals surface area (Å²) in [4.78, 5) is 8.42. The standard InChI is InChI=1S/C12H19N3O/c1-10-14-6-5-11(15-10)8-13-9-12-4-2-3-7-16-12/h5-6,12-13H,2-4,7-9H2,1H3. The van der Waals surface area contributed by atoms with Gasteiger partial charge in [0.2, 0.25) is 0 Å². The summed E-state index contributed by atoms with van der Waals surface area (Å²) in [5, 5.41) is 3.38. The van der Waals surface area contributed by atoms with Crippen LogP contribution < -0.4 is 5.32 Å². The molecule has 2 heterocycles. The van der Waals surface area contributed by atoms with Gasteiger partial charge in [-0.1, -0.05) is 0 Å². The van der Waals surface area contributed by atoms with E-state index in [0.29, 0.717) is 6.10 Å². The molecular weight excluding hydrogens is 202 g/mol. The average Bonchev–Trinajstić information content (AvgIpc) is 2.30. The minimum absolute atomic E-state index is 0.386. The largest absolute Gasteiger partial charge is 0.377 e. The number of aryl methyl sites for hydroxylation is 1. The van der Waals surface area contributed by atoms with Crippen LogP contribution in [0.2, 0.25) is 0 Å². The number of rotatable bonds is 4. The van der Waals surface area contributed by atoms with Crippen molar-refractivity contribution in [2.75, 3.05) is 13.2 Å². The molecule has 0 aliphatic carbocycles. The molecule has 0 bridgehead atoms. The minimum atomic E-state index is 0.386. The van der Waals surface area contributed by atoms with Crippen LogP contribution in [0.3, 0.4) is 0 Å². The molecule has 1 N–H and O–H groups in total. The van der Waals surface area contributed by atoms with E-state index in [0.717, 1.165) is 31.2 Å². The normalized spacial score (nSPS) is 20.9. The van der Waals surface area contributed by atoms with Crippen LogP contribution in [-0.4, -0.2) is 29.2 Å². The van der Waals surface area contributed by atoms with Gasteiger partial charge in [0, 0.05) is 25.9 Å². The van der Waals surface area contributed by atoms with Gasteiger partial charge >= 0.3 is 0 Å². The van der Waals surface area contributed by atoms with Crippen molar-refractivity contribution in [3.63, 3.8) is 0 Å². The molecule has 1 saturated heterocycles. The fraction of sp³-hybridized carbons (Fsp3) is 0.667. The Bertz CT molecular complexity index is 324. The average molecular weight is 221 g/mol. The number of nitrogens with zero attached hydrogens (tertiary/aromatic N) is 2. The zero-order valence-electron chi connectivity index (χ0n) is 9.78. The predicted molar refractivity (Wildman–Crippen MR) is 62.1 cm³/mol. The highest BCUT2D eigenvalue weighted by atomic mass is 16.5. The van der Waals surface area contributed by atoms with Gasteiger partial charge in [-0.2, -0.15) is 0 Å². The summed E-state index contributed by atoms with van der Waals surface area (Å²) in [6, 6.07) is 1.95. The third-order valence-corrected chi connectivity index (χ3v) is 2.79. The van der Waals surface area contributed by atoms with Crippen molar-refractivity contribution in [3.05, 3.63) is 23.8 Å². The summed E-state index contributed by atoms with van der Waals surface area (Å²) in [7, 11) is 0. The Labute approximate surface area is 96.4 Å².